The number of hydrogen-bond donors (Lipinski definition) is 1. The molecule has 0 radical (unpaired) electrons. The van der Waals surface area contributed by atoms with Gasteiger partial charge in [-0.3, -0.25) is 4.79 Å². The summed E-state index contributed by atoms with van der Waals surface area (Å²) in [6.45, 7) is 0. The number of amides is 1. The van der Waals surface area contributed by atoms with Crippen molar-refractivity contribution in [3.63, 3.8) is 0 Å². The topological polar surface area (TPSA) is 85.6 Å². The van der Waals surface area contributed by atoms with Gasteiger partial charge in [0.1, 0.15) is 0 Å². The van der Waals surface area contributed by atoms with E-state index < -0.39 is 17.9 Å². The molecule has 1 aliphatic rings. The van der Waals surface area contributed by atoms with Gasteiger partial charge < -0.3 is 5.32 Å². The zero-order valence-corrected chi connectivity index (χ0v) is 18.4. The Morgan fingerprint density at radius 2 is 2.06 bits per heavy atom. The second-order valence-electron chi connectivity index (χ2n) is 7.74. The van der Waals surface area contributed by atoms with Crippen molar-refractivity contribution in [2.24, 2.45) is 5.92 Å². The summed E-state index contributed by atoms with van der Waals surface area (Å²) in [4.78, 5) is 17.2. The number of hydrogen-bond acceptors (Lipinski definition) is 6. The van der Waals surface area contributed by atoms with Crippen molar-refractivity contribution < 1.29 is 18.0 Å². The minimum atomic E-state index is -4.73. The lowest BCUT2D eigenvalue weighted by molar-refractivity contribution is -0.146. The van der Waals surface area contributed by atoms with Crippen molar-refractivity contribution >= 4 is 34.0 Å². The standard InChI is InChI=1S/C20H20ClF3N6OS/c21-15-11-13(6-7-16(15)30-18(20(22,23)24)27-28-29-30)14(10-12-4-2-1-3-5-12)17(31)26-19-25-8-9-32-19/h6-9,11-12,14H,1-5,10H2,(H,25,26,31). The maximum atomic E-state index is 13.2. The molecule has 3 aromatic rings. The Labute approximate surface area is 191 Å². The fourth-order valence-electron chi connectivity index (χ4n) is 4.07. The lowest BCUT2D eigenvalue weighted by atomic mass is 9.80. The minimum Gasteiger partial charge on any atom is -0.301 e. The molecule has 2 heterocycles. The predicted octanol–water partition coefficient (Wildman–Crippen LogP) is 5.48. The van der Waals surface area contributed by atoms with E-state index in [-0.39, 0.29) is 16.6 Å². The first-order valence-corrected chi connectivity index (χ1v) is 11.4. The van der Waals surface area contributed by atoms with E-state index in [4.69, 9.17) is 11.6 Å². The number of thiazole rings is 1. The van der Waals surface area contributed by atoms with Gasteiger partial charge in [0.2, 0.25) is 5.91 Å². The number of carbonyl (C=O) groups is 1. The average molecular weight is 485 g/mol. The van der Waals surface area contributed by atoms with E-state index >= 15 is 0 Å². The van der Waals surface area contributed by atoms with Crippen LogP contribution in [0.2, 0.25) is 5.02 Å². The molecule has 7 nitrogen and oxygen atoms in total. The fraction of sp³-hybridized carbons (Fsp3) is 0.450. The summed E-state index contributed by atoms with van der Waals surface area (Å²) in [6, 6.07) is 4.54. The molecule has 0 aliphatic heterocycles. The molecule has 4 rings (SSSR count). The van der Waals surface area contributed by atoms with Crippen LogP contribution in [0.5, 0.6) is 0 Å². The van der Waals surface area contributed by atoms with Crippen molar-refractivity contribution in [3.05, 3.63) is 46.2 Å². The third-order valence-corrected chi connectivity index (χ3v) is 6.59. The van der Waals surface area contributed by atoms with Gasteiger partial charge in [-0.05, 0) is 40.5 Å². The first-order chi connectivity index (χ1) is 15.3. The van der Waals surface area contributed by atoms with Crippen LogP contribution >= 0.6 is 22.9 Å². The molecule has 1 aromatic carbocycles. The number of nitrogens with zero attached hydrogens (tertiary/aromatic N) is 5. The Bertz CT molecular complexity index is 1070. The first-order valence-electron chi connectivity index (χ1n) is 10.2. The van der Waals surface area contributed by atoms with Crippen LogP contribution in [0.25, 0.3) is 5.69 Å². The van der Waals surface area contributed by atoms with Gasteiger partial charge in [0.05, 0.1) is 16.6 Å². The number of benzene rings is 1. The Hall–Kier alpha value is -2.53. The molecule has 1 unspecified atom stereocenters. The SMILES string of the molecule is O=C(Nc1nccs1)C(CC1CCCCC1)c1ccc(-n2nnnc2C(F)(F)F)c(Cl)c1. The van der Waals surface area contributed by atoms with Crippen LogP contribution in [0.15, 0.2) is 29.8 Å². The van der Waals surface area contributed by atoms with Crippen LogP contribution in [0, 0.1) is 5.92 Å². The number of carbonyl (C=O) groups excluding carboxylic acids is 1. The molecule has 0 bridgehead atoms. The summed E-state index contributed by atoms with van der Waals surface area (Å²) in [7, 11) is 0. The first kappa shape index (κ1) is 22.7. The Balaban J connectivity index is 1.64. The number of tetrazole rings is 1. The summed E-state index contributed by atoms with van der Waals surface area (Å²) in [6.07, 6.45) is 3.05. The lowest BCUT2D eigenvalue weighted by Gasteiger charge is -2.26. The molecule has 12 heteroatoms. The predicted molar refractivity (Wildman–Crippen MR) is 114 cm³/mol. The summed E-state index contributed by atoms with van der Waals surface area (Å²) < 4.78 is 40.1. The molecular weight excluding hydrogens is 465 g/mol. The van der Waals surface area contributed by atoms with E-state index in [9.17, 15) is 18.0 Å². The molecule has 2 aromatic heterocycles. The highest BCUT2D eigenvalue weighted by atomic mass is 35.5. The zero-order chi connectivity index (χ0) is 22.7. The normalized spacial score (nSPS) is 16.1. The third-order valence-electron chi connectivity index (χ3n) is 5.60. The number of nitrogens with one attached hydrogen (secondary N) is 1. The van der Waals surface area contributed by atoms with Gasteiger partial charge in [0.15, 0.2) is 5.13 Å². The van der Waals surface area contributed by atoms with E-state index in [1.54, 1.807) is 17.6 Å². The van der Waals surface area contributed by atoms with Gasteiger partial charge >= 0.3 is 6.18 Å². The molecule has 1 amide bonds. The zero-order valence-electron chi connectivity index (χ0n) is 16.8. The number of halogens is 4. The van der Waals surface area contributed by atoms with E-state index in [1.165, 1.54) is 29.9 Å². The highest BCUT2D eigenvalue weighted by molar-refractivity contribution is 7.13. The van der Waals surface area contributed by atoms with Crippen molar-refractivity contribution in [3.8, 4) is 5.69 Å². The molecule has 1 atom stereocenters. The van der Waals surface area contributed by atoms with Gasteiger partial charge in [-0.15, -0.1) is 16.4 Å². The van der Waals surface area contributed by atoms with Crippen LogP contribution in [-0.2, 0) is 11.0 Å². The maximum Gasteiger partial charge on any atom is 0.453 e. The van der Waals surface area contributed by atoms with E-state index in [0.717, 1.165) is 25.7 Å². The van der Waals surface area contributed by atoms with Gasteiger partial charge in [-0.25, -0.2) is 4.98 Å². The maximum absolute atomic E-state index is 13.2. The van der Waals surface area contributed by atoms with Gasteiger partial charge in [-0.2, -0.15) is 17.9 Å². The summed E-state index contributed by atoms with van der Waals surface area (Å²) in [5, 5.41) is 14.7. The molecule has 1 N–H and O–H groups in total. The van der Waals surface area contributed by atoms with Crippen molar-refractivity contribution in [1.29, 1.82) is 0 Å². The smallest absolute Gasteiger partial charge is 0.301 e. The van der Waals surface area contributed by atoms with Gasteiger partial charge in [0, 0.05) is 11.6 Å². The number of aromatic nitrogens is 5. The molecule has 0 saturated heterocycles. The molecule has 0 spiro atoms. The Morgan fingerprint density at radius 3 is 2.72 bits per heavy atom. The summed E-state index contributed by atoms with van der Waals surface area (Å²) in [5.74, 6) is -1.60. The highest BCUT2D eigenvalue weighted by Gasteiger charge is 2.39. The number of rotatable bonds is 6. The van der Waals surface area contributed by atoms with Crippen LogP contribution in [0.3, 0.4) is 0 Å². The average Bonchev–Trinajstić information content (AvgIpc) is 3.44. The third kappa shape index (κ3) is 5.09. The fourth-order valence-corrected chi connectivity index (χ4v) is 4.87. The van der Waals surface area contributed by atoms with E-state index in [2.05, 4.69) is 25.8 Å². The molecule has 170 valence electrons. The number of anilines is 1. The number of alkyl halides is 3. The Kier molecular flexibility index (Phi) is 6.75. The quantitative estimate of drug-likeness (QED) is 0.500. The van der Waals surface area contributed by atoms with Gasteiger partial charge in [0.25, 0.3) is 5.82 Å². The van der Waals surface area contributed by atoms with Crippen LogP contribution < -0.4 is 5.32 Å². The van der Waals surface area contributed by atoms with Crippen LogP contribution in [0.1, 0.15) is 55.8 Å². The highest BCUT2D eigenvalue weighted by Crippen LogP contribution is 2.36. The van der Waals surface area contributed by atoms with Crippen molar-refractivity contribution in [1.82, 2.24) is 25.2 Å². The van der Waals surface area contributed by atoms with E-state index in [0.29, 0.717) is 27.7 Å². The molecule has 1 aliphatic carbocycles. The van der Waals surface area contributed by atoms with E-state index in [1.807, 2.05) is 0 Å². The molecule has 32 heavy (non-hydrogen) atoms. The minimum absolute atomic E-state index is 0.00973. The second-order valence-corrected chi connectivity index (χ2v) is 9.04. The summed E-state index contributed by atoms with van der Waals surface area (Å²) >= 11 is 7.67. The van der Waals surface area contributed by atoms with Gasteiger partial charge in [-0.1, -0.05) is 49.8 Å². The second kappa shape index (κ2) is 9.53. The monoisotopic (exact) mass is 484 g/mol. The summed E-state index contributed by atoms with van der Waals surface area (Å²) in [5.41, 5.74) is 0.615. The van der Waals surface area contributed by atoms with Crippen molar-refractivity contribution in [2.75, 3.05) is 5.32 Å². The van der Waals surface area contributed by atoms with Crippen LogP contribution in [-0.4, -0.2) is 31.1 Å². The molecule has 1 fully saturated rings. The Morgan fingerprint density at radius 1 is 1.28 bits per heavy atom. The molecular formula is C20H20ClF3N6OS. The van der Waals surface area contributed by atoms with Crippen molar-refractivity contribution in [2.45, 2.75) is 50.6 Å². The van der Waals surface area contributed by atoms with Crippen LogP contribution in [0.4, 0.5) is 18.3 Å². The lowest BCUT2D eigenvalue weighted by Crippen LogP contribution is -2.24. The molecule has 1 saturated carbocycles. The largest absolute Gasteiger partial charge is 0.453 e.